The summed E-state index contributed by atoms with van der Waals surface area (Å²) in [5, 5.41) is 4.89. The molecular weight excluding hydrogens is 228 g/mol. The van der Waals surface area contributed by atoms with Crippen LogP contribution in [0.15, 0.2) is 24.3 Å². The van der Waals surface area contributed by atoms with E-state index >= 15 is 0 Å². The molecule has 0 aliphatic heterocycles. The molecule has 1 aromatic carbocycles. The second-order valence-electron chi connectivity index (χ2n) is 4.78. The Hall–Kier alpha value is -0.930. The van der Waals surface area contributed by atoms with Crippen molar-refractivity contribution in [3.63, 3.8) is 0 Å². The highest BCUT2D eigenvalue weighted by Gasteiger charge is 2.31. The summed E-state index contributed by atoms with van der Waals surface area (Å²) < 4.78 is 1.31. The Balaban J connectivity index is 1.78. The highest BCUT2D eigenvalue weighted by atomic mass is 32.1. The molecule has 17 heavy (non-hydrogen) atoms. The van der Waals surface area contributed by atoms with Crippen molar-refractivity contribution in [2.24, 2.45) is 5.92 Å². The van der Waals surface area contributed by atoms with E-state index < -0.39 is 0 Å². The SMILES string of the molecule is CCNC(Cc1nc2ccccc2s1)C1CC1. The van der Waals surface area contributed by atoms with E-state index in [9.17, 15) is 0 Å². The van der Waals surface area contributed by atoms with Crippen molar-refractivity contribution in [1.82, 2.24) is 10.3 Å². The number of rotatable bonds is 5. The van der Waals surface area contributed by atoms with Gasteiger partial charge in [-0.05, 0) is 37.4 Å². The van der Waals surface area contributed by atoms with Gasteiger partial charge in [0.15, 0.2) is 0 Å². The number of nitrogens with zero attached hydrogens (tertiary/aromatic N) is 1. The van der Waals surface area contributed by atoms with Gasteiger partial charge < -0.3 is 5.32 Å². The van der Waals surface area contributed by atoms with Crippen LogP contribution in [0.3, 0.4) is 0 Å². The molecule has 1 N–H and O–H groups in total. The van der Waals surface area contributed by atoms with Crippen molar-refractivity contribution in [2.45, 2.75) is 32.2 Å². The Labute approximate surface area is 106 Å². The standard InChI is InChI=1S/C14H18N2S/c1-2-15-12(10-7-8-10)9-14-16-11-5-3-4-6-13(11)17-14/h3-6,10,12,15H,2,7-9H2,1H3. The van der Waals surface area contributed by atoms with Crippen molar-refractivity contribution in [2.75, 3.05) is 6.54 Å². The van der Waals surface area contributed by atoms with E-state index in [2.05, 4.69) is 36.5 Å². The molecular formula is C14H18N2S. The summed E-state index contributed by atoms with van der Waals surface area (Å²) in [7, 11) is 0. The number of aromatic nitrogens is 1. The Bertz CT molecular complexity index is 469. The van der Waals surface area contributed by atoms with Gasteiger partial charge in [-0.15, -0.1) is 11.3 Å². The Kier molecular flexibility index (Phi) is 3.12. The number of thiazole rings is 1. The number of fused-ring (bicyclic) bond motifs is 1. The molecule has 1 aliphatic carbocycles. The van der Waals surface area contributed by atoms with E-state index in [-0.39, 0.29) is 0 Å². The molecule has 0 spiro atoms. The highest BCUT2D eigenvalue weighted by molar-refractivity contribution is 7.18. The molecule has 1 heterocycles. The molecule has 1 atom stereocenters. The molecule has 2 aromatic rings. The minimum absolute atomic E-state index is 0.639. The maximum atomic E-state index is 4.72. The Morgan fingerprint density at radius 2 is 2.24 bits per heavy atom. The fourth-order valence-electron chi connectivity index (χ4n) is 2.36. The lowest BCUT2D eigenvalue weighted by molar-refractivity contribution is 0.472. The summed E-state index contributed by atoms with van der Waals surface area (Å²) >= 11 is 1.85. The lowest BCUT2D eigenvalue weighted by atomic mass is 10.1. The van der Waals surface area contributed by atoms with Crippen LogP contribution in [0.25, 0.3) is 10.2 Å². The zero-order chi connectivity index (χ0) is 11.7. The number of likely N-dealkylation sites (N-methyl/N-ethyl adjacent to an activating group) is 1. The van der Waals surface area contributed by atoms with Crippen molar-refractivity contribution < 1.29 is 0 Å². The minimum atomic E-state index is 0.639. The third kappa shape index (κ3) is 2.50. The molecule has 1 fully saturated rings. The molecule has 1 unspecified atom stereocenters. The summed E-state index contributed by atoms with van der Waals surface area (Å²) in [4.78, 5) is 4.72. The third-order valence-corrected chi connectivity index (χ3v) is 4.45. The number of benzene rings is 1. The van der Waals surface area contributed by atoms with Gasteiger partial charge in [0.2, 0.25) is 0 Å². The van der Waals surface area contributed by atoms with Gasteiger partial charge >= 0.3 is 0 Å². The van der Waals surface area contributed by atoms with Gasteiger partial charge in [0, 0.05) is 12.5 Å². The van der Waals surface area contributed by atoms with Gasteiger partial charge in [-0.25, -0.2) is 4.98 Å². The molecule has 0 bridgehead atoms. The second kappa shape index (κ2) is 4.75. The summed E-state index contributed by atoms with van der Waals surface area (Å²) in [6, 6.07) is 9.06. The van der Waals surface area contributed by atoms with Crippen LogP contribution in [-0.4, -0.2) is 17.6 Å². The number of nitrogens with one attached hydrogen (secondary N) is 1. The molecule has 2 nitrogen and oxygen atoms in total. The van der Waals surface area contributed by atoms with Crippen LogP contribution in [0.4, 0.5) is 0 Å². The lowest BCUT2D eigenvalue weighted by Gasteiger charge is -2.15. The van der Waals surface area contributed by atoms with Crippen LogP contribution in [0, 0.1) is 5.92 Å². The monoisotopic (exact) mass is 246 g/mol. The summed E-state index contributed by atoms with van der Waals surface area (Å²) in [5.74, 6) is 0.891. The first-order valence-corrected chi connectivity index (χ1v) is 7.26. The fraction of sp³-hybridized carbons (Fsp3) is 0.500. The van der Waals surface area contributed by atoms with Crippen molar-refractivity contribution in [1.29, 1.82) is 0 Å². The molecule has 0 radical (unpaired) electrons. The average molecular weight is 246 g/mol. The predicted molar refractivity (Wildman–Crippen MR) is 73.5 cm³/mol. The summed E-state index contributed by atoms with van der Waals surface area (Å²) in [5.41, 5.74) is 1.15. The van der Waals surface area contributed by atoms with Crippen LogP contribution < -0.4 is 5.32 Å². The first-order valence-electron chi connectivity index (χ1n) is 6.44. The Morgan fingerprint density at radius 3 is 2.94 bits per heavy atom. The van der Waals surface area contributed by atoms with E-state index in [1.165, 1.54) is 22.5 Å². The number of hydrogen-bond donors (Lipinski definition) is 1. The Morgan fingerprint density at radius 1 is 1.41 bits per heavy atom. The van der Waals surface area contributed by atoms with Gasteiger partial charge in [0.05, 0.1) is 15.2 Å². The van der Waals surface area contributed by atoms with Crippen LogP contribution in [0.5, 0.6) is 0 Å². The molecule has 1 saturated carbocycles. The minimum Gasteiger partial charge on any atom is -0.314 e. The highest BCUT2D eigenvalue weighted by Crippen LogP contribution is 2.35. The van der Waals surface area contributed by atoms with E-state index in [1.54, 1.807) is 0 Å². The zero-order valence-electron chi connectivity index (χ0n) is 10.1. The zero-order valence-corrected chi connectivity index (χ0v) is 11.0. The topological polar surface area (TPSA) is 24.9 Å². The molecule has 0 saturated heterocycles. The molecule has 0 amide bonds. The molecule has 3 rings (SSSR count). The van der Waals surface area contributed by atoms with Gasteiger partial charge in [-0.1, -0.05) is 19.1 Å². The first-order chi connectivity index (χ1) is 8.36. The van der Waals surface area contributed by atoms with Gasteiger partial charge in [-0.3, -0.25) is 0 Å². The van der Waals surface area contributed by atoms with Crippen LogP contribution in [0.1, 0.15) is 24.8 Å². The smallest absolute Gasteiger partial charge is 0.0954 e. The van der Waals surface area contributed by atoms with Gasteiger partial charge in [0.1, 0.15) is 0 Å². The summed E-state index contributed by atoms with van der Waals surface area (Å²) in [6.45, 7) is 3.25. The van der Waals surface area contributed by atoms with Crippen LogP contribution >= 0.6 is 11.3 Å². The first kappa shape index (κ1) is 11.2. The van der Waals surface area contributed by atoms with Crippen molar-refractivity contribution in [3.05, 3.63) is 29.3 Å². The number of para-hydroxylation sites is 1. The maximum absolute atomic E-state index is 4.72. The van der Waals surface area contributed by atoms with E-state index in [1.807, 2.05) is 11.3 Å². The maximum Gasteiger partial charge on any atom is 0.0954 e. The van der Waals surface area contributed by atoms with Gasteiger partial charge in [-0.2, -0.15) is 0 Å². The molecule has 90 valence electrons. The lowest BCUT2D eigenvalue weighted by Crippen LogP contribution is -2.32. The largest absolute Gasteiger partial charge is 0.314 e. The summed E-state index contributed by atoms with van der Waals surface area (Å²) in [6.07, 6.45) is 3.88. The quantitative estimate of drug-likeness (QED) is 0.876. The fourth-order valence-corrected chi connectivity index (χ4v) is 3.39. The van der Waals surface area contributed by atoms with Crippen LogP contribution in [0.2, 0.25) is 0 Å². The molecule has 1 aromatic heterocycles. The number of hydrogen-bond acceptors (Lipinski definition) is 3. The predicted octanol–water partition coefficient (Wildman–Crippen LogP) is 3.23. The average Bonchev–Trinajstić information content (AvgIpc) is 3.09. The van der Waals surface area contributed by atoms with Crippen molar-refractivity contribution in [3.8, 4) is 0 Å². The molecule has 3 heteroatoms. The van der Waals surface area contributed by atoms with Crippen LogP contribution in [-0.2, 0) is 6.42 Å². The normalized spacial score (nSPS) is 17.5. The second-order valence-corrected chi connectivity index (χ2v) is 5.90. The van der Waals surface area contributed by atoms with E-state index in [0.29, 0.717) is 6.04 Å². The van der Waals surface area contributed by atoms with Crippen molar-refractivity contribution >= 4 is 21.6 Å². The molecule has 1 aliphatic rings. The van der Waals surface area contributed by atoms with E-state index in [4.69, 9.17) is 4.98 Å². The van der Waals surface area contributed by atoms with E-state index in [0.717, 1.165) is 24.4 Å². The van der Waals surface area contributed by atoms with Gasteiger partial charge in [0.25, 0.3) is 0 Å². The third-order valence-electron chi connectivity index (χ3n) is 3.39.